The normalized spacial score (nSPS) is 9.85. The van der Waals surface area contributed by atoms with Crippen LogP contribution in [-0.4, -0.2) is 28.9 Å². The van der Waals surface area contributed by atoms with E-state index in [1.54, 1.807) is 0 Å². The van der Waals surface area contributed by atoms with Gasteiger partial charge in [0.05, 0.1) is 6.42 Å². The van der Waals surface area contributed by atoms with Crippen LogP contribution in [0.3, 0.4) is 0 Å². The van der Waals surface area contributed by atoms with Gasteiger partial charge in [-0.3, -0.25) is 19.2 Å². The van der Waals surface area contributed by atoms with E-state index in [1.165, 1.54) is 6.29 Å². The van der Waals surface area contributed by atoms with E-state index in [9.17, 15) is 19.2 Å². The molecular formula is C8H7O5. The molecule has 0 aliphatic carbocycles. The van der Waals surface area contributed by atoms with E-state index in [0.717, 1.165) is 12.2 Å². The van der Waals surface area contributed by atoms with Crippen LogP contribution in [0.2, 0.25) is 0 Å². The topological polar surface area (TPSA) is 88.5 Å². The quantitative estimate of drug-likeness (QED) is 0.449. The van der Waals surface area contributed by atoms with Gasteiger partial charge in [0.2, 0.25) is 6.29 Å². The van der Waals surface area contributed by atoms with Crippen molar-refractivity contribution in [2.75, 3.05) is 0 Å². The second-order valence-corrected chi connectivity index (χ2v) is 2.20. The molecule has 0 saturated carbocycles. The van der Waals surface area contributed by atoms with Gasteiger partial charge in [-0.1, -0.05) is 0 Å². The average Bonchev–Trinajstić information content (AvgIpc) is 1.98. The van der Waals surface area contributed by atoms with Gasteiger partial charge in [-0.25, -0.2) is 0 Å². The van der Waals surface area contributed by atoms with E-state index in [-0.39, 0.29) is 0 Å². The summed E-state index contributed by atoms with van der Waals surface area (Å²) in [4.78, 5) is 41.0. The highest BCUT2D eigenvalue weighted by atomic mass is 16.4. The maximum absolute atomic E-state index is 10.7. The lowest BCUT2D eigenvalue weighted by Gasteiger charge is -1.91. The molecule has 13 heavy (non-hydrogen) atoms. The Balaban J connectivity index is 3.92. The summed E-state index contributed by atoms with van der Waals surface area (Å²) in [6.45, 7) is 0. The predicted octanol–water partition coefficient (Wildman–Crippen LogP) is -0.345. The molecule has 5 nitrogen and oxygen atoms in total. The van der Waals surface area contributed by atoms with Gasteiger partial charge in [-0.05, 0) is 12.2 Å². The van der Waals surface area contributed by atoms with Crippen molar-refractivity contribution >= 4 is 23.8 Å². The molecule has 0 unspecified atom stereocenters. The van der Waals surface area contributed by atoms with Gasteiger partial charge in [0.1, 0.15) is 6.42 Å². The first-order valence-electron chi connectivity index (χ1n) is 3.37. The van der Waals surface area contributed by atoms with Gasteiger partial charge in [0, 0.05) is 0 Å². The number of hydrogen-bond acceptors (Lipinski definition) is 4. The third kappa shape index (κ3) is 6.61. The molecule has 0 heterocycles. The molecular weight excluding hydrogens is 176 g/mol. The minimum Gasteiger partial charge on any atom is -0.481 e. The highest BCUT2D eigenvalue weighted by Crippen LogP contribution is 1.92. The third-order valence-electron chi connectivity index (χ3n) is 1.06. The van der Waals surface area contributed by atoms with E-state index in [0.29, 0.717) is 0 Å². The van der Waals surface area contributed by atoms with Gasteiger partial charge < -0.3 is 5.11 Å². The molecule has 0 saturated heterocycles. The van der Waals surface area contributed by atoms with E-state index in [1.807, 2.05) is 0 Å². The third-order valence-corrected chi connectivity index (χ3v) is 1.06. The molecule has 0 aromatic heterocycles. The first-order valence-corrected chi connectivity index (χ1v) is 3.37. The molecule has 0 amide bonds. The zero-order valence-corrected chi connectivity index (χ0v) is 6.65. The van der Waals surface area contributed by atoms with Crippen LogP contribution in [-0.2, 0) is 19.2 Å². The smallest absolute Gasteiger partial charge is 0.310 e. The lowest BCUT2D eigenvalue weighted by Crippen LogP contribution is -2.10. The van der Waals surface area contributed by atoms with Crippen molar-refractivity contribution < 1.29 is 24.3 Å². The van der Waals surface area contributed by atoms with Crippen molar-refractivity contribution in [1.82, 2.24) is 0 Å². The van der Waals surface area contributed by atoms with Gasteiger partial charge in [-0.2, -0.15) is 0 Å². The molecule has 0 spiro atoms. The van der Waals surface area contributed by atoms with Crippen molar-refractivity contribution in [2.45, 2.75) is 12.8 Å². The van der Waals surface area contributed by atoms with Crippen LogP contribution < -0.4 is 0 Å². The molecule has 5 heteroatoms. The summed E-state index contributed by atoms with van der Waals surface area (Å²) >= 11 is 0. The minimum atomic E-state index is -1.27. The van der Waals surface area contributed by atoms with E-state index in [2.05, 4.69) is 0 Å². The van der Waals surface area contributed by atoms with Crippen LogP contribution in [0.25, 0.3) is 0 Å². The number of ketones is 2. The molecule has 0 rings (SSSR count). The monoisotopic (exact) mass is 183 g/mol. The Hall–Kier alpha value is -1.78. The minimum absolute atomic E-state index is 0.496. The maximum Gasteiger partial charge on any atom is 0.310 e. The van der Waals surface area contributed by atoms with E-state index in [4.69, 9.17) is 5.11 Å². The number of aliphatic carboxylic acids is 1. The highest BCUT2D eigenvalue weighted by molar-refractivity contribution is 6.09. The molecule has 0 aliphatic heterocycles. The Kier molecular flexibility index (Phi) is 5.02. The van der Waals surface area contributed by atoms with E-state index < -0.39 is 30.4 Å². The molecule has 0 bridgehead atoms. The van der Waals surface area contributed by atoms with Crippen LogP contribution in [0.1, 0.15) is 12.8 Å². The van der Waals surface area contributed by atoms with Crippen molar-refractivity contribution in [3.8, 4) is 0 Å². The Bertz CT molecular complexity index is 264. The number of rotatable bonds is 6. The van der Waals surface area contributed by atoms with Crippen molar-refractivity contribution in [2.24, 2.45) is 0 Å². The molecule has 0 fully saturated rings. The standard InChI is InChI=1S/C8H7O5/c9-3-1-2-6(10)4-7(11)5-8(12)13/h1-2H,4-5H2,(H,12,13)/b2-1+. The zero-order chi connectivity index (χ0) is 10.3. The first-order chi connectivity index (χ1) is 6.06. The Morgan fingerprint density at radius 1 is 1.23 bits per heavy atom. The second kappa shape index (κ2) is 5.82. The molecule has 1 N–H and O–H groups in total. The lowest BCUT2D eigenvalue weighted by molar-refractivity contribution is -0.140. The van der Waals surface area contributed by atoms with Crippen LogP contribution in [0, 0.1) is 0 Å². The average molecular weight is 183 g/mol. The molecule has 69 valence electrons. The fraction of sp³-hybridized carbons (Fsp3) is 0.250. The number of carboxylic acids is 1. The van der Waals surface area contributed by atoms with Crippen LogP contribution >= 0.6 is 0 Å². The van der Waals surface area contributed by atoms with Crippen LogP contribution in [0.4, 0.5) is 0 Å². The summed E-state index contributed by atoms with van der Waals surface area (Å²) in [7, 11) is 0. The summed E-state index contributed by atoms with van der Waals surface area (Å²) in [6.07, 6.45) is 1.87. The number of carboxylic acid groups (broad SMARTS) is 1. The molecule has 1 radical (unpaired) electrons. The van der Waals surface area contributed by atoms with Gasteiger partial charge in [-0.15, -0.1) is 0 Å². The zero-order valence-electron chi connectivity index (χ0n) is 6.65. The molecule has 0 aliphatic rings. The Labute approximate surface area is 74.0 Å². The fourth-order valence-corrected chi connectivity index (χ4v) is 0.611. The molecule has 0 aromatic rings. The highest BCUT2D eigenvalue weighted by Gasteiger charge is 2.10. The summed E-state index contributed by atoms with van der Waals surface area (Å²) in [5.41, 5.74) is 0. The molecule has 0 aromatic carbocycles. The Morgan fingerprint density at radius 2 is 1.85 bits per heavy atom. The maximum atomic E-state index is 10.7. The Morgan fingerprint density at radius 3 is 2.31 bits per heavy atom. The number of carbonyl (C=O) groups excluding carboxylic acids is 3. The summed E-state index contributed by atoms with van der Waals surface area (Å²) in [5, 5.41) is 8.16. The number of allylic oxidation sites excluding steroid dienone is 2. The number of hydrogen-bond donors (Lipinski definition) is 1. The fourth-order valence-electron chi connectivity index (χ4n) is 0.611. The summed E-state index contributed by atoms with van der Waals surface area (Å²) < 4.78 is 0. The SMILES string of the molecule is O=[C]/C=C/C(=O)CC(=O)CC(=O)O. The number of carbonyl (C=O) groups is 3. The largest absolute Gasteiger partial charge is 0.481 e. The van der Waals surface area contributed by atoms with Crippen molar-refractivity contribution in [3.63, 3.8) is 0 Å². The van der Waals surface area contributed by atoms with Gasteiger partial charge >= 0.3 is 5.97 Å². The first kappa shape index (κ1) is 11.2. The number of Topliss-reactive ketones (excluding diaryl/α,β-unsaturated/α-hetero) is 1. The van der Waals surface area contributed by atoms with Crippen molar-refractivity contribution in [3.05, 3.63) is 12.2 Å². The van der Waals surface area contributed by atoms with Crippen LogP contribution in [0.5, 0.6) is 0 Å². The lowest BCUT2D eigenvalue weighted by atomic mass is 10.1. The van der Waals surface area contributed by atoms with Crippen LogP contribution in [0.15, 0.2) is 12.2 Å². The molecule has 0 atom stereocenters. The predicted molar refractivity (Wildman–Crippen MR) is 41.7 cm³/mol. The van der Waals surface area contributed by atoms with E-state index >= 15 is 0 Å². The summed E-state index contributed by atoms with van der Waals surface area (Å²) in [5.74, 6) is -2.56. The summed E-state index contributed by atoms with van der Waals surface area (Å²) in [6, 6.07) is 0. The van der Waals surface area contributed by atoms with Crippen molar-refractivity contribution in [1.29, 1.82) is 0 Å². The van der Waals surface area contributed by atoms with Gasteiger partial charge in [0.25, 0.3) is 0 Å². The second-order valence-electron chi connectivity index (χ2n) is 2.20. The van der Waals surface area contributed by atoms with Gasteiger partial charge in [0.15, 0.2) is 11.6 Å².